The first-order chi connectivity index (χ1) is 13.4. The molecule has 28 heavy (non-hydrogen) atoms. The molecule has 0 aromatic heterocycles. The highest BCUT2D eigenvalue weighted by molar-refractivity contribution is 6.31. The van der Waals surface area contributed by atoms with E-state index in [2.05, 4.69) is 10.5 Å². The van der Waals surface area contributed by atoms with Gasteiger partial charge in [0.15, 0.2) is 5.79 Å². The van der Waals surface area contributed by atoms with Crippen molar-refractivity contribution in [3.8, 4) is 5.75 Å². The molecule has 1 heterocycles. The van der Waals surface area contributed by atoms with Gasteiger partial charge in [-0.05, 0) is 26.8 Å². The molecular weight excluding hydrogens is 397 g/mol. The lowest BCUT2D eigenvalue weighted by Crippen LogP contribution is -2.28. The second-order valence-corrected chi connectivity index (χ2v) is 6.59. The van der Waals surface area contributed by atoms with Gasteiger partial charge in [-0.2, -0.15) is 5.48 Å². The van der Waals surface area contributed by atoms with Crippen molar-refractivity contribution in [2.45, 2.75) is 38.9 Å². The van der Waals surface area contributed by atoms with E-state index >= 15 is 4.39 Å². The molecule has 1 aromatic carbocycles. The van der Waals surface area contributed by atoms with Crippen LogP contribution in [0.3, 0.4) is 0 Å². The van der Waals surface area contributed by atoms with Crippen LogP contribution < -0.4 is 10.2 Å². The summed E-state index contributed by atoms with van der Waals surface area (Å²) in [5.74, 6) is -3.11. The number of hydrogen-bond acceptors (Lipinski definition) is 8. The maximum absolute atomic E-state index is 15.1. The minimum absolute atomic E-state index is 0.0438. The Hall–Kier alpha value is -1.49. The normalized spacial score (nSPS) is 16.8. The van der Waals surface area contributed by atoms with Crippen LogP contribution >= 0.6 is 11.6 Å². The third-order valence-electron chi connectivity index (χ3n) is 4.34. The molecule has 0 spiro atoms. The van der Waals surface area contributed by atoms with E-state index in [0.29, 0.717) is 18.8 Å². The van der Waals surface area contributed by atoms with Crippen molar-refractivity contribution >= 4 is 17.6 Å². The monoisotopic (exact) mass is 421 g/mol. The molecule has 1 unspecified atom stereocenters. The maximum Gasteiger partial charge on any atom is 0.306 e. The lowest BCUT2D eigenvalue weighted by molar-refractivity contribution is -0.292. The number of carbonyl (C=O) groups is 1. The van der Waals surface area contributed by atoms with Gasteiger partial charge in [-0.25, -0.2) is 9.65 Å². The summed E-state index contributed by atoms with van der Waals surface area (Å²) < 4.78 is 37.2. The van der Waals surface area contributed by atoms with E-state index in [9.17, 15) is 4.79 Å². The van der Waals surface area contributed by atoms with Gasteiger partial charge >= 0.3 is 5.97 Å². The van der Waals surface area contributed by atoms with Crippen molar-refractivity contribution in [3.05, 3.63) is 28.0 Å². The van der Waals surface area contributed by atoms with Gasteiger partial charge in [0.2, 0.25) is 0 Å². The van der Waals surface area contributed by atoms with E-state index in [1.54, 1.807) is 20.8 Å². The number of ether oxygens (including phenoxy) is 4. The second kappa shape index (κ2) is 10.3. The van der Waals surface area contributed by atoms with Crippen LogP contribution in [0.2, 0.25) is 5.02 Å². The third-order valence-corrected chi connectivity index (χ3v) is 4.62. The van der Waals surface area contributed by atoms with Crippen molar-refractivity contribution in [2.24, 2.45) is 0 Å². The molecule has 0 amide bonds. The van der Waals surface area contributed by atoms with Crippen LogP contribution in [0.4, 0.5) is 4.39 Å². The molecule has 158 valence electrons. The zero-order valence-corrected chi connectivity index (χ0v) is 16.8. The van der Waals surface area contributed by atoms with Crippen LogP contribution in [-0.4, -0.2) is 44.2 Å². The molecule has 2 N–H and O–H groups in total. The lowest BCUT2D eigenvalue weighted by atomic mass is 9.90. The molecular formula is C18H25ClFNO7. The molecule has 1 saturated heterocycles. The Morgan fingerprint density at radius 1 is 1.39 bits per heavy atom. The number of esters is 1. The molecule has 1 aliphatic heterocycles. The molecule has 10 heteroatoms. The van der Waals surface area contributed by atoms with Crippen LogP contribution in [0, 0.1) is 5.82 Å². The highest BCUT2D eigenvalue weighted by Gasteiger charge is 2.40. The SMILES string of the molecule is CCOC(=O)CC(CNOO)c1c(F)c(Cl)cc(C2(C)OCCO2)c1OCC. The summed E-state index contributed by atoms with van der Waals surface area (Å²) >= 11 is 6.15. The summed E-state index contributed by atoms with van der Waals surface area (Å²) in [5, 5.41) is 8.47. The molecule has 1 atom stereocenters. The summed E-state index contributed by atoms with van der Waals surface area (Å²) in [5.41, 5.74) is 2.68. The van der Waals surface area contributed by atoms with Crippen molar-refractivity contribution in [3.63, 3.8) is 0 Å². The largest absolute Gasteiger partial charge is 0.493 e. The van der Waals surface area contributed by atoms with Crippen LogP contribution in [0.1, 0.15) is 44.2 Å². The van der Waals surface area contributed by atoms with Gasteiger partial charge in [-0.1, -0.05) is 11.6 Å². The number of benzene rings is 1. The predicted molar refractivity (Wildman–Crippen MR) is 97.5 cm³/mol. The molecule has 8 nitrogen and oxygen atoms in total. The van der Waals surface area contributed by atoms with Crippen molar-refractivity contribution in [1.82, 2.24) is 5.48 Å². The first-order valence-electron chi connectivity index (χ1n) is 8.99. The van der Waals surface area contributed by atoms with Gasteiger partial charge in [0.25, 0.3) is 0 Å². The number of hydroxylamine groups is 1. The summed E-state index contributed by atoms with van der Waals surface area (Å²) in [7, 11) is 0. The Bertz CT molecular complexity index is 682. The average molecular weight is 422 g/mol. The Morgan fingerprint density at radius 3 is 2.64 bits per heavy atom. The highest BCUT2D eigenvalue weighted by atomic mass is 35.5. The van der Waals surface area contributed by atoms with Crippen molar-refractivity contribution in [1.29, 1.82) is 0 Å². The van der Waals surface area contributed by atoms with E-state index in [-0.39, 0.29) is 42.5 Å². The van der Waals surface area contributed by atoms with E-state index in [0.717, 1.165) is 0 Å². The van der Waals surface area contributed by atoms with Gasteiger partial charge in [-0.15, -0.1) is 4.99 Å². The van der Waals surface area contributed by atoms with Gasteiger partial charge in [-0.3, -0.25) is 4.79 Å². The van der Waals surface area contributed by atoms with Crippen LogP contribution in [0.25, 0.3) is 0 Å². The molecule has 0 saturated carbocycles. The van der Waals surface area contributed by atoms with Crippen molar-refractivity contribution < 1.29 is 38.4 Å². The number of rotatable bonds is 10. The topological polar surface area (TPSA) is 95.5 Å². The molecule has 2 rings (SSSR count). The number of carbonyl (C=O) groups excluding carboxylic acids is 1. The van der Waals surface area contributed by atoms with Gasteiger partial charge in [0.05, 0.1) is 43.4 Å². The van der Waals surface area contributed by atoms with Crippen LogP contribution in [0.15, 0.2) is 6.07 Å². The van der Waals surface area contributed by atoms with Gasteiger partial charge < -0.3 is 18.9 Å². The number of halogens is 2. The quantitative estimate of drug-likeness (QED) is 0.338. The van der Waals surface area contributed by atoms with Crippen molar-refractivity contribution in [2.75, 3.05) is 33.0 Å². The van der Waals surface area contributed by atoms with E-state index < -0.39 is 23.5 Å². The summed E-state index contributed by atoms with van der Waals surface area (Å²) in [6.07, 6.45) is -0.195. The third kappa shape index (κ3) is 5.11. The smallest absolute Gasteiger partial charge is 0.306 e. The zero-order valence-electron chi connectivity index (χ0n) is 16.0. The summed E-state index contributed by atoms with van der Waals surface area (Å²) in [6.45, 7) is 6.12. The van der Waals surface area contributed by atoms with Gasteiger partial charge in [0, 0.05) is 18.0 Å². The Kier molecular flexibility index (Phi) is 8.41. The van der Waals surface area contributed by atoms with Crippen LogP contribution in [-0.2, 0) is 29.8 Å². The van der Waals surface area contributed by atoms with Gasteiger partial charge in [0.1, 0.15) is 11.6 Å². The Balaban J connectivity index is 2.59. The maximum atomic E-state index is 15.1. The first-order valence-corrected chi connectivity index (χ1v) is 9.37. The minimum Gasteiger partial charge on any atom is -0.493 e. The Morgan fingerprint density at radius 2 is 2.07 bits per heavy atom. The fraction of sp³-hybridized carbons (Fsp3) is 0.611. The van der Waals surface area contributed by atoms with Crippen LogP contribution in [0.5, 0.6) is 5.75 Å². The summed E-state index contributed by atoms with van der Waals surface area (Å²) in [6, 6.07) is 1.40. The molecule has 1 fully saturated rings. The lowest BCUT2D eigenvalue weighted by Gasteiger charge is -2.29. The zero-order chi connectivity index (χ0) is 20.7. The molecule has 0 bridgehead atoms. The molecule has 0 radical (unpaired) electrons. The fourth-order valence-corrected chi connectivity index (χ4v) is 3.35. The van der Waals surface area contributed by atoms with E-state index in [4.69, 9.17) is 35.8 Å². The second-order valence-electron chi connectivity index (χ2n) is 6.18. The first kappa shape index (κ1) is 22.8. The summed E-state index contributed by atoms with van der Waals surface area (Å²) in [4.78, 5) is 16.0. The minimum atomic E-state index is -1.17. The standard InChI is InChI=1S/C18H25ClFNO7/c1-4-24-14(22)8-11(10-21-28-23)15-16(20)13(19)9-12(17(15)25-5-2)18(3)26-6-7-27-18/h9,11,21,23H,4-8,10H2,1-3H3. The molecule has 1 aromatic rings. The number of nitrogens with one attached hydrogen (secondary N) is 1. The fourth-order valence-electron chi connectivity index (χ4n) is 3.14. The Labute approximate surface area is 167 Å². The van der Waals surface area contributed by atoms with E-state index in [1.807, 2.05) is 0 Å². The highest BCUT2D eigenvalue weighted by Crippen LogP contribution is 2.45. The van der Waals surface area contributed by atoms with E-state index in [1.165, 1.54) is 6.07 Å². The average Bonchev–Trinajstić information content (AvgIpc) is 3.10. The molecule has 0 aliphatic carbocycles. The predicted octanol–water partition coefficient (Wildman–Crippen LogP) is 3.13. The number of hydrogen-bond donors (Lipinski definition) is 2. The molecule has 1 aliphatic rings.